The number of amides is 3. The zero-order chi connectivity index (χ0) is 15.0. The van der Waals surface area contributed by atoms with E-state index in [1.807, 2.05) is 0 Å². The SMILES string of the molecule is O=C1Cc2c(cccc2NC2=CC(=O)N(CCO)C2=O)N1. The summed E-state index contributed by atoms with van der Waals surface area (Å²) in [7, 11) is 0. The molecular formula is C14H13N3O4. The van der Waals surface area contributed by atoms with Gasteiger partial charge in [0.1, 0.15) is 5.70 Å². The molecule has 0 saturated heterocycles. The van der Waals surface area contributed by atoms with Gasteiger partial charge in [0.2, 0.25) is 5.91 Å². The van der Waals surface area contributed by atoms with Crippen LogP contribution in [0.2, 0.25) is 0 Å². The Bertz CT molecular complexity index is 681. The number of hydrogen-bond donors (Lipinski definition) is 3. The number of aliphatic hydroxyl groups excluding tert-OH is 1. The average Bonchev–Trinajstić information content (AvgIpc) is 2.94. The van der Waals surface area contributed by atoms with E-state index in [9.17, 15) is 14.4 Å². The number of aliphatic hydroxyl groups is 1. The zero-order valence-electron chi connectivity index (χ0n) is 11.0. The highest BCUT2D eigenvalue weighted by Gasteiger charge is 2.31. The van der Waals surface area contributed by atoms with Gasteiger partial charge >= 0.3 is 0 Å². The monoisotopic (exact) mass is 287 g/mol. The summed E-state index contributed by atoms with van der Waals surface area (Å²) in [5.74, 6) is -1.05. The van der Waals surface area contributed by atoms with E-state index in [0.29, 0.717) is 11.4 Å². The lowest BCUT2D eigenvalue weighted by Crippen LogP contribution is -2.34. The van der Waals surface area contributed by atoms with E-state index in [-0.39, 0.29) is 31.2 Å². The molecule has 2 aliphatic rings. The quantitative estimate of drug-likeness (QED) is 0.668. The van der Waals surface area contributed by atoms with Gasteiger partial charge < -0.3 is 15.7 Å². The van der Waals surface area contributed by atoms with Crippen molar-refractivity contribution in [2.24, 2.45) is 0 Å². The molecule has 2 aliphatic heterocycles. The molecule has 0 unspecified atom stereocenters. The minimum Gasteiger partial charge on any atom is -0.395 e. The summed E-state index contributed by atoms with van der Waals surface area (Å²) in [6.07, 6.45) is 1.43. The molecule has 0 spiro atoms. The van der Waals surface area contributed by atoms with Crippen LogP contribution < -0.4 is 10.6 Å². The molecule has 1 aromatic rings. The van der Waals surface area contributed by atoms with E-state index < -0.39 is 11.8 Å². The summed E-state index contributed by atoms with van der Waals surface area (Å²) in [6.45, 7) is -0.315. The van der Waals surface area contributed by atoms with Crippen LogP contribution in [0.3, 0.4) is 0 Å². The molecule has 0 bridgehead atoms. The summed E-state index contributed by atoms with van der Waals surface area (Å²) in [5.41, 5.74) is 2.23. The lowest BCUT2D eigenvalue weighted by Gasteiger charge is -2.14. The number of hydrogen-bond acceptors (Lipinski definition) is 5. The van der Waals surface area contributed by atoms with Crippen LogP contribution in [0.5, 0.6) is 0 Å². The summed E-state index contributed by atoms with van der Waals surface area (Å²) >= 11 is 0. The third-order valence-corrected chi connectivity index (χ3v) is 3.39. The van der Waals surface area contributed by atoms with Crippen molar-refractivity contribution in [2.75, 3.05) is 23.8 Å². The smallest absolute Gasteiger partial charge is 0.277 e. The van der Waals surface area contributed by atoms with Gasteiger partial charge in [0.25, 0.3) is 11.8 Å². The third-order valence-electron chi connectivity index (χ3n) is 3.39. The van der Waals surface area contributed by atoms with E-state index in [1.54, 1.807) is 18.2 Å². The Hall–Kier alpha value is -2.67. The molecule has 0 aromatic heterocycles. The van der Waals surface area contributed by atoms with Crippen molar-refractivity contribution >= 4 is 29.1 Å². The van der Waals surface area contributed by atoms with Gasteiger partial charge in [-0.2, -0.15) is 0 Å². The van der Waals surface area contributed by atoms with Crippen molar-refractivity contribution in [2.45, 2.75) is 6.42 Å². The maximum Gasteiger partial charge on any atom is 0.277 e. The molecule has 3 rings (SSSR count). The average molecular weight is 287 g/mol. The van der Waals surface area contributed by atoms with E-state index in [4.69, 9.17) is 5.11 Å². The van der Waals surface area contributed by atoms with E-state index in [1.165, 1.54) is 6.08 Å². The van der Waals surface area contributed by atoms with Gasteiger partial charge in [-0.05, 0) is 12.1 Å². The second kappa shape index (κ2) is 5.02. The number of fused-ring (bicyclic) bond motifs is 1. The summed E-state index contributed by atoms with van der Waals surface area (Å²) < 4.78 is 0. The van der Waals surface area contributed by atoms with E-state index >= 15 is 0 Å². The fourth-order valence-electron chi connectivity index (χ4n) is 2.42. The predicted molar refractivity (Wildman–Crippen MR) is 74.3 cm³/mol. The van der Waals surface area contributed by atoms with Gasteiger partial charge in [0, 0.05) is 23.0 Å². The van der Waals surface area contributed by atoms with E-state index in [2.05, 4.69) is 10.6 Å². The van der Waals surface area contributed by atoms with Crippen LogP contribution >= 0.6 is 0 Å². The van der Waals surface area contributed by atoms with E-state index in [0.717, 1.165) is 10.5 Å². The number of nitrogens with one attached hydrogen (secondary N) is 2. The topological polar surface area (TPSA) is 98.7 Å². The first kappa shape index (κ1) is 13.3. The van der Waals surface area contributed by atoms with Gasteiger partial charge in [-0.3, -0.25) is 19.3 Å². The standard InChI is InChI=1S/C14H13N3O4/c18-5-4-17-13(20)7-11(14(17)21)15-9-2-1-3-10-8(9)6-12(19)16-10/h1-3,7,15,18H,4-6H2,(H,16,19). The third kappa shape index (κ3) is 2.27. The number of rotatable bonds is 4. The zero-order valence-corrected chi connectivity index (χ0v) is 11.0. The van der Waals surface area contributed by atoms with Crippen molar-refractivity contribution in [3.8, 4) is 0 Å². The lowest BCUT2D eigenvalue weighted by molar-refractivity contribution is -0.137. The number of carbonyl (C=O) groups is 3. The van der Waals surface area contributed by atoms with Gasteiger partial charge in [-0.25, -0.2) is 0 Å². The van der Waals surface area contributed by atoms with Crippen molar-refractivity contribution in [1.82, 2.24) is 4.90 Å². The Morgan fingerprint density at radius 3 is 2.86 bits per heavy atom. The molecule has 2 heterocycles. The fraction of sp³-hybridized carbons (Fsp3) is 0.214. The Morgan fingerprint density at radius 1 is 1.29 bits per heavy atom. The van der Waals surface area contributed by atoms with Crippen molar-refractivity contribution in [3.05, 3.63) is 35.5 Å². The first-order valence-electron chi connectivity index (χ1n) is 6.47. The summed E-state index contributed by atoms with van der Waals surface area (Å²) in [5, 5.41) is 14.5. The largest absolute Gasteiger partial charge is 0.395 e. The molecule has 21 heavy (non-hydrogen) atoms. The predicted octanol–water partition coefficient (Wildman–Crippen LogP) is -0.162. The minimum absolute atomic E-state index is 0.0354. The van der Waals surface area contributed by atoms with Crippen LogP contribution in [0.25, 0.3) is 0 Å². The van der Waals surface area contributed by atoms with Crippen LogP contribution in [-0.4, -0.2) is 40.9 Å². The summed E-state index contributed by atoms with van der Waals surface area (Å²) in [4.78, 5) is 36.1. The van der Waals surface area contributed by atoms with Crippen LogP contribution in [0, 0.1) is 0 Å². The summed E-state index contributed by atoms with van der Waals surface area (Å²) in [6, 6.07) is 5.27. The Morgan fingerprint density at radius 2 is 2.10 bits per heavy atom. The molecule has 3 amide bonds. The number of benzene rings is 1. The Balaban J connectivity index is 1.85. The van der Waals surface area contributed by atoms with Crippen molar-refractivity contribution < 1.29 is 19.5 Å². The molecule has 0 aliphatic carbocycles. The molecule has 3 N–H and O–H groups in total. The molecule has 7 nitrogen and oxygen atoms in total. The minimum atomic E-state index is -0.482. The van der Waals surface area contributed by atoms with Gasteiger partial charge in [-0.1, -0.05) is 6.07 Å². The molecule has 7 heteroatoms. The second-order valence-electron chi connectivity index (χ2n) is 4.76. The van der Waals surface area contributed by atoms with Crippen LogP contribution in [-0.2, 0) is 20.8 Å². The van der Waals surface area contributed by atoms with Gasteiger partial charge in [0.15, 0.2) is 0 Å². The van der Waals surface area contributed by atoms with Gasteiger partial charge in [-0.15, -0.1) is 0 Å². The maximum absolute atomic E-state index is 12.1. The van der Waals surface area contributed by atoms with Crippen molar-refractivity contribution in [3.63, 3.8) is 0 Å². The number of nitrogens with zero attached hydrogens (tertiary/aromatic N) is 1. The molecular weight excluding hydrogens is 274 g/mol. The number of anilines is 2. The highest BCUT2D eigenvalue weighted by atomic mass is 16.3. The lowest BCUT2D eigenvalue weighted by atomic mass is 10.1. The first-order valence-corrected chi connectivity index (χ1v) is 6.47. The number of carbonyl (C=O) groups excluding carboxylic acids is 3. The van der Waals surface area contributed by atoms with Crippen LogP contribution in [0.15, 0.2) is 30.0 Å². The van der Waals surface area contributed by atoms with Crippen molar-refractivity contribution in [1.29, 1.82) is 0 Å². The second-order valence-corrected chi connectivity index (χ2v) is 4.76. The fourth-order valence-corrected chi connectivity index (χ4v) is 2.42. The molecule has 108 valence electrons. The highest BCUT2D eigenvalue weighted by Crippen LogP contribution is 2.31. The molecule has 0 atom stereocenters. The highest BCUT2D eigenvalue weighted by molar-refractivity contribution is 6.17. The number of β-amino-alcohol motifs (C(OH)–C–C–N with tert-alkyl or cyclic N) is 1. The molecule has 0 radical (unpaired) electrons. The first-order chi connectivity index (χ1) is 10.1. The van der Waals surface area contributed by atoms with Crippen LogP contribution in [0.4, 0.5) is 11.4 Å². The molecule has 0 saturated carbocycles. The number of imide groups is 1. The maximum atomic E-state index is 12.1. The molecule has 0 fully saturated rings. The van der Waals surface area contributed by atoms with Gasteiger partial charge in [0.05, 0.1) is 19.6 Å². The Labute approximate surface area is 120 Å². The van der Waals surface area contributed by atoms with Crippen LogP contribution in [0.1, 0.15) is 5.56 Å². The molecule has 1 aromatic carbocycles. The Kier molecular flexibility index (Phi) is 3.19. The normalized spacial score (nSPS) is 16.9.